The number of halogens is 1. The van der Waals surface area contributed by atoms with E-state index in [-0.39, 0.29) is 5.82 Å². The van der Waals surface area contributed by atoms with Crippen LogP contribution in [-0.2, 0) is 0 Å². The van der Waals surface area contributed by atoms with Crippen LogP contribution in [0.25, 0.3) is 0 Å². The second-order valence-electron chi connectivity index (χ2n) is 2.05. The van der Waals surface area contributed by atoms with Crippen molar-refractivity contribution in [1.29, 1.82) is 0 Å². The van der Waals surface area contributed by atoms with Gasteiger partial charge < -0.3 is 16.8 Å². The monoisotopic (exact) mass is 200 g/mol. The van der Waals surface area contributed by atoms with Crippen molar-refractivity contribution in [3.63, 3.8) is 0 Å². The number of rotatable bonds is 4. The van der Waals surface area contributed by atoms with Crippen molar-refractivity contribution in [3.05, 3.63) is 35.5 Å². The number of nitrogens with zero attached hydrogens (tertiary/aromatic N) is 1. The first kappa shape index (κ1) is 11.6. The van der Waals surface area contributed by atoms with Crippen LogP contribution >= 0.6 is 11.6 Å². The van der Waals surface area contributed by atoms with E-state index in [4.69, 9.17) is 23.1 Å². The Bertz CT molecular complexity index is 261. The number of nitrogens with two attached hydrogens (primary N) is 2. The van der Waals surface area contributed by atoms with Crippen LogP contribution in [0.1, 0.15) is 6.92 Å². The van der Waals surface area contributed by atoms with Gasteiger partial charge >= 0.3 is 0 Å². The van der Waals surface area contributed by atoms with Crippen molar-refractivity contribution in [2.45, 2.75) is 6.92 Å². The smallest absolute Gasteiger partial charge is 0.122 e. The summed E-state index contributed by atoms with van der Waals surface area (Å²) in [5.41, 5.74) is 11.1. The number of nitrogens with one attached hydrogen (secondary N) is 1. The molecule has 72 valence electrons. The third kappa shape index (κ3) is 4.22. The predicted octanol–water partition coefficient (Wildman–Crippen LogP) is 0.977. The van der Waals surface area contributed by atoms with Crippen molar-refractivity contribution in [1.82, 2.24) is 5.32 Å². The molecule has 13 heavy (non-hydrogen) atoms. The second-order valence-corrected chi connectivity index (χ2v) is 2.46. The highest BCUT2D eigenvalue weighted by molar-refractivity contribution is 6.32. The van der Waals surface area contributed by atoms with E-state index in [1.54, 1.807) is 13.1 Å². The minimum Gasteiger partial charge on any atom is -0.384 e. The van der Waals surface area contributed by atoms with Gasteiger partial charge in [-0.25, -0.2) is 0 Å². The molecule has 0 spiro atoms. The van der Waals surface area contributed by atoms with Crippen LogP contribution in [0.3, 0.4) is 0 Å². The lowest BCUT2D eigenvalue weighted by Gasteiger charge is -2.01. The van der Waals surface area contributed by atoms with Crippen LogP contribution in [0, 0.1) is 0 Å². The Morgan fingerprint density at radius 1 is 1.54 bits per heavy atom. The molecule has 0 atom stereocenters. The molecule has 0 heterocycles. The van der Waals surface area contributed by atoms with Gasteiger partial charge in [0, 0.05) is 12.4 Å². The first-order valence-electron chi connectivity index (χ1n) is 3.60. The molecule has 0 bridgehead atoms. The molecule has 0 unspecified atom stereocenters. The molecule has 0 aliphatic heterocycles. The molecule has 0 rings (SSSR count). The van der Waals surface area contributed by atoms with Crippen LogP contribution in [0.15, 0.2) is 40.5 Å². The van der Waals surface area contributed by atoms with Crippen molar-refractivity contribution in [2.24, 2.45) is 16.5 Å². The van der Waals surface area contributed by atoms with E-state index in [1.165, 1.54) is 12.4 Å². The molecular formula is C8H13ClN4. The molecular weight excluding hydrogens is 188 g/mol. The first-order chi connectivity index (χ1) is 6.13. The second kappa shape index (κ2) is 6.14. The minimum atomic E-state index is 0.0743. The zero-order valence-corrected chi connectivity index (χ0v) is 8.17. The fraction of sp³-hybridized carbons (Fsp3) is 0.125. The predicted molar refractivity (Wildman–Crippen MR) is 56.8 cm³/mol. The maximum atomic E-state index is 5.82. The van der Waals surface area contributed by atoms with Gasteiger partial charge in [0.05, 0.1) is 5.03 Å². The van der Waals surface area contributed by atoms with Crippen LogP contribution in [-0.4, -0.2) is 6.21 Å². The number of hydrogen-bond donors (Lipinski definition) is 3. The average molecular weight is 201 g/mol. The van der Waals surface area contributed by atoms with E-state index in [0.29, 0.717) is 10.7 Å². The lowest BCUT2D eigenvalue weighted by atomic mass is 10.4. The van der Waals surface area contributed by atoms with E-state index in [2.05, 4.69) is 16.9 Å². The van der Waals surface area contributed by atoms with Gasteiger partial charge in [-0.05, 0) is 13.1 Å². The molecule has 0 amide bonds. The number of hydrogen-bond acceptors (Lipinski definition) is 4. The van der Waals surface area contributed by atoms with Crippen LogP contribution in [0.2, 0.25) is 0 Å². The van der Waals surface area contributed by atoms with Gasteiger partial charge in [-0.2, -0.15) is 0 Å². The maximum absolute atomic E-state index is 5.82. The molecule has 0 aromatic rings. The zero-order valence-electron chi connectivity index (χ0n) is 7.42. The van der Waals surface area contributed by atoms with Gasteiger partial charge in [-0.15, -0.1) is 0 Å². The summed E-state index contributed by atoms with van der Waals surface area (Å²) in [6.07, 6.45) is 4.53. The molecule has 0 saturated carbocycles. The highest BCUT2D eigenvalue weighted by atomic mass is 35.5. The Kier molecular flexibility index (Phi) is 5.47. The summed E-state index contributed by atoms with van der Waals surface area (Å²) in [5.74, 6) is 0.0743. The van der Waals surface area contributed by atoms with Crippen LogP contribution < -0.4 is 16.8 Å². The Morgan fingerprint density at radius 2 is 2.15 bits per heavy atom. The Morgan fingerprint density at radius 3 is 2.54 bits per heavy atom. The molecule has 0 aliphatic carbocycles. The summed E-state index contributed by atoms with van der Waals surface area (Å²) < 4.78 is 0. The normalized spacial score (nSPS) is 11.4. The molecule has 0 aromatic heterocycles. The number of aliphatic imine (C=N–C) groups is 1. The molecule has 0 aromatic carbocycles. The van der Waals surface area contributed by atoms with Gasteiger partial charge in [0.2, 0.25) is 0 Å². The molecule has 0 saturated heterocycles. The Hall–Kier alpha value is -1.42. The van der Waals surface area contributed by atoms with Crippen molar-refractivity contribution < 1.29 is 0 Å². The summed E-state index contributed by atoms with van der Waals surface area (Å²) in [5, 5.41) is 3.02. The van der Waals surface area contributed by atoms with Gasteiger partial charge in [-0.3, -0.25) is 4.99 Å². The summed E-state index contributed by atoms with van der Waals surface area (Å²) >= 11 is 5.82. The highest BCUT2D eigenvalue weighted by Gasteiger charge is 2.02. The van der Waals surface area contributed by atoms with Gasteiger partial charge in [-0.1, -0.05) is 18.2 Å². The van der Waals surface area contributed by atoms with Crippen LogP contribution in [0.4, 0.5) is 0 Å². The lowest BCUT2D eigenvalue weighted by molar-refractivity contribution is 1.13. The van der Waals surface area contributed by atoms with Gasteiger partial charge in [0.25, 0.3) is 0 Å². The van der Waals surface area contributed by atoms with Gasteiger partial charge in [0.15, 0.2) is 0 Å². The third-order valence-electron chi connectivity index (χ3n) is 1.09. The van der Waals surface area contributed by atoms with E-state index >= 15 is 0 Å². The molecule has 0 radical (unpaired) electrons. The first-order valence-corrected chi connectivity index (χ1v) is 3.98. The van der Waals surface area contributed by atoms with Gasteiger partial charge in [0.1, 0.15) is 11.5 Å². The zero-order chi connectivity index (χ0) is 10.3. The topological polar surface area (TPSA) is 76.4 Å². The SMILES string of the molecule is C=CN/C=C(/Cl)C(N=CC)=C(N)N. The lowest BCUT2D eigenvalue weighted by Crippen LogP contribution is -2.12. The van der Waals surface area contributed by atoms with E-state index < -0.39 is 0 Å². The van der Waals surface area contributed by atoms with Crippen LogP contribution in [0.5, 0.6) is 0 Å². The summed E-state index contributed by atoms with van der Waals surface area (Å²) in [6, 6.07) is 0. The summed E-state index contributed by atoms with van der Waals surface area (Å²) in [4.78, 5) is 3.91. The minimum absolute atomic E-state index is 0.0743. The van der Waals surface area contributed by atoms with Crippen molar-refractivity contribution >= 4 is 17.8 Å². The molecule has 0 aliphatic rings. The fourth-order valence-corrected chi connectivity index (χ4v) is 0.825. The largest absolute Gasteiger partial charge is 0.384 e. The molecule has 4 nitrogen and oxygen atoms in total. The van der Waals surface area contributed by atoms with Crippen molar-refractivity contribution in [2.75, 3.05) is 0 Å². The van der Waals surface area contributed by atoms with E-state index in [9.17, 15) is 0 Å². The summed E-state index contributed by atoms with van der Waals surface area (Å²) in [6.45, 7) is 5.20. The van der Waals surface area contributed by atoms with Crippen molar-refractivity contribution in [3.8, 4) is 0 Å². The molecule has 0 fully saturated rings. The standard InChI is InChI=1S/C8H13ClN4/c1-3-12-5-6(9)7(8(10)11)13-4-2/h3-5,12H,1,10-11H2,2H3/b6-5+,13-4?. The Labute approximate surface area is 82.7 Å². The summed E-state index contributed by atoms with van der Waals surface area (Å²) in [7, 11) is 0. The molecule has 5 heteroatoms. The fourth-order valence-electron chi connectivity index (χ4n) is 0.604. The maximum Gasteiger partial charge on any atom is 0.122 e. The highest BCUT2D eigenvalue weighted by Crippen LogP contribution is 2.15. The number of allylic oxidation sites excluding steroid dienone is 1. The van der Waals surface area contributed by atoms with E-state index in [0.717, 1.165) is 0 Å². The average Bonchev–Trinajstić information content (AvgIpc) is 2.09. The van der Waals surface area contributed by atoms with E-state index in [1.807, 2.05) is 0 Å². The molecule has 5 N–H and O–H groups in total. The quantitative estimate of drug-likeness (QED) is 0.468. The third-order valence-corrected chi connectivity index (χ3v) is 1.37. The Balaban J connectivity index is 4.77.